The van der Waals surface area contributed by atoms with Gasteiger partial charge in [0.15, 0.2) is 5.82 Å². The van der Waals surface area contributed by atoms with Crippen LogP contribution in [0.25, 0.3) is 0 Å². The lowest BCUT2D eigenvalue weighted by Gasteiger charge is -2.11. The van der Waals surface area contributed by atoms with Crippen molar-refractivity contribution in [2.75, 3.05) is 25.1 Å². The van der Waals surface area contributed by atoms with E-state index in [1.165, 1.54) is 0 Å². The van der Waals surface area contributed by atoms with Gasteiger partial charge in [0.2, 0.25) is 0 Å². The summed E-state index contributed by atoms with van der Waals surface area (Å²) in [5.41, 5.74) is 0. The molecule has 0 aliphatic heterocycles. The Hall–Kier alpha value is -0.910. The third-order valence-electron chi connectivity index (χ3n) is 2.12. The van der Waals surface area contributed by atoms with Crippen molar-refractivity contribution < 1.29 is 9.84 Å². The van der Waals surface area contributed by atoms with Gasteiger partial charge in [-0.2, -0.15) is 0 Å². The number of hydrogen-bond acceptors (Lipinski definition) is 5. The molecule has 1 atom stereocenters. The molecule has 96 valence electrons. The zero-order valence-electron chi connectivity index (χ0n) is 10.1. The number of ether oxygens (including phenoxy) is 1. The van der Waals surface area contributed by atoms with Gasteiger partial charge in [-0.15, -0.1) is 0 Å². The second-order valence-electron chi connectivity index (χ2n) is 3.80. The summed E-state index contributed by atoms with van der Waals surface area (Å²) in [6.07, 6.45) is 0. The smallest absolute Gasteiger partial charge is 0.158 e. The molecule has 1 aromatic heterocycles. The van der Waals surface area contributed by atoms with Crippen LogP contribution in [-0.2, 0) is 11.3 Å². The molecular weight excluding hydrogens is 242 g/mol. The second kappa shape index (κ2) is 7.42. The molecule has 0 spiro atoms. The molecule has 0 saturated heterocycles. The zero-order valence-corrected chi connectivity index (χ0v) is 10.9. The highest BCUT2D eigenvalue weighted by Gasteiger charge is 2.05. The van der Waals surface area contributed by atoms with E-state index >= 15 is 0 Å². The fourth-order valence-electron chi connectivity index (χ4n) is 1.16. The first kappa shape index (κ1) is 14.2. The average molecular weight is 260 g/mol. The average Bonchev–Trinajstić information content (AvgIpc) is 2.32. The van der Waals surface area contributed by atoms with E-state index in [2.05, 4.69) is 15.3 Å². The van der Waals surface area contributed by atoms with Crippen LogP contribution in [0.4, 0.5) is 5.82 Å². The summed E-state index contributed by atoms with van der Waals surface area (Å²) in [7, 11) is 0. The summed E-state index contributed by atoms with van der Waals surface area (Å²) in [6, 6.07) is 1.65. The Morgan fingerprint density at radius 3 is 2.94 bits per heavy atom. The predicted octanol–water partition coefficient (Wildman–Crippen LogP) is 1.71. The first-order chi connectivity index (χ1) is 8.15. The van der Waals surface area contributed by atoms with Crippen LogP contribution in [0.15, 0.2) is 6.07 Å². The number of aliphatic hydroxyl groups is 1. The van der Waals surface area contributed by atoms with Gasteiger partial charge < -0.3 is 15.2 Å². The van der Waals surface area contributed by atoms with E-state index in [9.17, 15) is 0 Å². The molecule has 5 nitrogen and oxygen atoms in total. The number of nitrogens with one attached hydrogen (secondary N) is 1. The van der Waals surface area contributed by atoms with Gasteiger partial charge in [0.25, 0.3) is 0 Å². The quantitative estimate of drug-likeness (QED) is 0.730. The number of rotatable bonds is 7. The number of halogens is 1. The van der Waals surface area contributed by atoms with Crippen molar-refractivity contribution in [3.05, 3.63) is 17.0 Å². The van der Waals surface area contributed by atoms with Gasteiger partial charge in [-0.25, -0.2) is 9.97 Å². The fourth-order valence-corrected chi connectivity index (χ4v) is 1.36. The Balaban J connectivity index is 2.61. The molecule has 0 fully saturated rings. The minimum absolute atomic E-state index is 0.137. The highest BCUT2D eigenvalue weighted by atomic mass is 35.5. The molecule has 0 saturated carbocycles. The molecule has 6 heteroatoms. The molecule has 1 aromatic rings. The molecule has 0 aliphatic carbocycles. The molecule has 0 amide bonds. The molecule has 0 bridgehead atoms. The van der Waals surface area contributed by atoms with E-state index < -0.39 is 0 Å². The van der Waals surface area contributed by atoms with E-state index in [1.807, 2.05) is 13.8 Å². The number of aromatic nitrogens is 2. The fraction of sp³-hybridized carbons (Fsp3) is 0.636. The topological polar surface area (TPSA) is 67.3 Å². The first-order valence-corrected chi connectivity index (χ1v) is 5.99. The Morgan fingerprint density at radius 1 is 1.53 bits per heavy atom. The molecule has 0 radical (unpaired) electrons. The van der Waals surface area contributed by atoms with Crippen molar-refractivity contribution in [3.8, 4) is 0 Å². The van der Waals surface area contributed by atoms with E-state index in [-0.39, 0.29) is 12.5 Å². The number of hydrogen-bond donors (Lipinski definition) is 2. The summed E-state index contributed by atoms with van der Waals surface area (Å²) < 4.78 is 5.22. The molecule has 0 aliphatic rings. The van der Waals surface area contributed by atoms with Crippen LogP contribution in [0, 0.1) is 5.92 Å². The first-order valence-electron chi connectivity index (χ1n) is 5.61. The van der Waals surface area contributed by atoms with Gasteiger partial charge >= 0.3 is 0 Å². The lowest BCUT2D eigenvalue weighted by Crippen LogP contribution is -2.16. The summed E-state index contributed by atoms with van der Waals surface area (Å²) in [6.45, 7) is 5.58. The van der Waals surface area contributed by atoms with Crippen LogP contribution in [-0.4, -0.2) is 34.8 Å². The zero-order chi connectivity index (χ0) is 12.7. The van der Waals surface area contributed by atoms with Crippen molar-refractivity contribution in [1.29, 1.82) is 0 Å². The summed E-state index contributed by atoms with van der Waals surface area (Å²) >= 11 is 5.88. The van der Waals surface area contributed by atoms with Crippen LogP contribution in [0.5, 0.6) is 0 Å². The monoisotopic (exact) mass is 259 g/mol. The molecule has 1 rings (SSSR count). The maximum Gasteiger partial charge on any atom is 0.158 e. The molecule has 0 aromatic carbocycles. The van der Waals surface area contributed by atoms with E-state index in [4.69, 9.17) is 21.4 Å². The van der Waals surface area contributed by atoms with Crippen molar-refractivity contribution in [2.45, 2.75) is 20.5 Å². The van der Waals surface area contributed by atoms with Crippen LogP contribution < -0.4 is 5.32 Å². The van der Waals surface area contributed by atoms with Gasteiger partial charge in [-0.1, -0.05) is 18.5 Å². The lowest BCUT2D eigenvalue weighted by atomic mass is 10.2. The normalized spacial score (nSPS) is 12.5. The summed E-state index contributed by atoms with van der Waals surface area (Å²) in [5.74, 6) is 1.37. The van der Waals surface area contributed by atoms with Gasteiger partial charge in [-0.05, 0) is 12.8 Å². The van der Waals surface area contributed by atoms with E-state index in [0.29, 0.717) is 36.6 Å². The Bertz CT molecular complexity index is 349. The maximum atomic E-state index is 8.92. The van der Waals surface area contributed by atoms with Crippen LogP contribution >= 0.6 is 11.6 Å². The summed E-state index contributed by atoms with van der Waals surface area (Å²) in [5, 5.41) is 12.4. The van der Waals surface area contributed by atoms with Crippen molar-refractivity contribution >= 4 is 17.4 Å². The van der Waals surface area contributed by atoms with Gasteiger partial charge in [0.1, 0.15) is 17.6 Å². The Labute approximate surface area is 106 Å². The SMILES string of the molecule is CCOCc1nc(Cl)cc(NCC(C)CO)n1. The number of nitrogens with zero attached hydrogens (tertiary/aromatic N) is 2. The Morgan fingerprint density at radius 2 is 2.29 bits per heavy atom. The maximum absolute atomic E-state index is 8.92. The minimum Gasteiger partial charge on any atom is -0.396 e. The highest BCUT2D eigenvalue weighted by molar-refractivity contribution is 6.29. The highest BCUT2D eigenvalue weighted by Crippen LogP contribution is 2.12. The molecular formula is C11H18ClN3O2. The lowest BCUT2D eigenvalue weighted by molar-refractivity contribution is 0.128. The molecule has 2 N–H and O–H groups in total. The molecule has 1 heterocycles. The van der Waals surface area contributed by atoms with Gasteiger partial charge in [0, 0.05) is 25.8 Å². The third kappa shape index (κ3) is 5.30. The van der Waals surface area contributed by atoms with Crippen LogP contribution in [0.2, 0.25) is 5.15 Å². The standard InChI is InChI=1S/C11H18ClN3O2/c1-3-17-7-11-14-9(12)4-10(15-11)13-5-8(2)6-16/h4,8,16H,3,5-7H2,1-2H3,(H,13,14,15). The molecule has 1 unspecified atom stereocenters. The second-order valence-corrected chi connectivity index (χ2v) is 4.19. The number of anilines is 1. The summed E-state index contributed by atoms with van der Waals surface area (Å²) in [4.78, 5) is 8.32. The number of aliphatic hydroxyl groups excluding tert-OH is 1. The van der Waals surface area contributed by atoms with Gasteiger partial charge in [0.05, 0.1) is 0 Å². The molecule has 17 heavy (non-hydrogen) atoms. The third-order valence-corrected chi connectivity index (χ3v) is 2.31. The van der Waals surface area contributed by atoms with Crippen molar-refractivity contribution in [2.24, 2.45) is 5.92 Å². The van der Waals surface area contributed by atoms with Crippen molar-refractivity contribution in [1.82, 2.24) is 9.97 Å². The van der Waals surface area contributed by atoms with Gasteiger partial charge in [-0.3, -0.25) is 0 Å². The van der Waals surface area contributed by atoms with Crippen molar-refractivity contribution in [3.63, 3.8) is 0 Å². The largest absolute Gasteiger partial charge is 0.396 e. The van der Waals surface area contributed by atoms with E-state index in [1.54, 1.807) is 6.07 Å². The predicted molar refractivity (Wildman–Crippen MR) is 67.1 cm³/mol. The Kier molecular flexibility index (Phi) is 6.18. The van der Waals surface area contributed by atoms with Crippen LogP contribution in [0.3, 0.4) is 0 Å². The van der Waals surface area contributed by atoms with E-state index in [0.717, 1.165) is 0 Å². The van der Waals surface area contributed by atoms with Crippen LogP contribution in [0.1, 0.15) is 19.7 Å². The minimum atomic E-state index is 0.137.